The molecule has 0 bridgehead atoms. The van der Waals surface area contributed by atoms with Gasteiger partial charge in [-0.05, 0) is 165 Å². The Bertz CT molecular complexity index is 4400. The van der Waals surface area contributed by atoms with E-state index in [4.69, 9.17) is 51.6 Å². The number of carbonyl (C=O) groups excluding carboxylic acids is 8. The molecule has 2 N–H and O–H groups in total. The predicted molar refractivity (Wildman–Crippen MR) is 407 cm³/mol. The molecule has 4 saturated carbocycles. The second kappa shape index (κ2) is 33.6. The molecule has 34 heteroatoms. The average Bonchev–Trinajstić information content (AvgIpc) is 1.57. The first-order chi connectivity index (χ1) is 53.3. The summed E-state index contributed by atoms with van der Waals surface area (Å²) in [6, 6.07) is 7.81. The van der Waals surface area contributed by atoms with Crippen LogP contribution in [0.4, 0.5) is 26.3 Å². The summed E-state index contributed by atoms with van der Waals surface area (Å²) < 4.78 is 172. The van der Waals surface area contributed by atoms with E-state index in [2.05, 4.69) is 19.4 Å². The number of methoxy groups -OCH3 is 2. The van der Waals surface area contributed by atoms with Gasteiger partial charge in [-0.25, -0.2) is 26.8 Å². The molecular formula is C80H98Cl2F6N6O18S2. The summed E-state index contributed by atoms with van der Waals surface area (Å²) in [6.45, 7) is 10.1. The zero-order valence-electron chi connectivity index (χ0n) is 65.1. The van der Waals surface area contributed by atoms with Crippen LogP contribution in [0.15, 0.2) is 73.1 Å². The number of fused-ring (bicyclic) bond motifs is 6. The summed E-state index contributed by atoms with van der Waals surface area (Å²) in [5.74, 6) is -9.46. The monoisotopic (exact) mass is 1680 g/mol. The Morgan fingerprint density at radius 1 is 0.553 bits per heavy atom. The molecule has 8 aliphatic rings. The maximum absolute atomic E-state index is 14.8. The first-order valence-electron chi connectivity index (χ1n) is 38.6. The fourth-order valence-corrected chi connectivity index (χ4v) is 19.6. The Kier molecular flexibility index (Phi) is 25.7. The molecule has 2 aromatic heterocycles. The zero-order chi connectivity index (χ0) is 83.3. The SMILES string of the molecule is COc1cnc(O[C@@H]2C[C@H]3C(=O)C[C@]4(C(=O)NS(=O)(=O)C5CC5)C[C@H]4/C=C\CC[C@@H](C)C[C@@H](C)[C@H](CC(=O)OC(C)(C)C(F)(F)F)C(=O)N3C2)c2cccc(Cl)c12.COc1cnc(O[C@@H]2C[C@H]3C(=O)C[C@]4(C(=O)NS(=O)(=O)C5CC5)C[C@H]4/C=C\CC[C@H](C)C[C@@H](C)[C@H](CC(=O)OC(C)(C)C(F)(F)F)C(=O)N3C2)c2cccc(Cl)c12. The Balaban J connectivity index is 0.000000225. The molecule has 4 aliphatic heterocycles. The second-order valence-corrected chi connectivity index (χ2v) is 38.1. The third kappa shape index (κ3) is 19.2. The summed E-state index contributed by atoms with van der Waals surface area (Å²) in [4.78, 5) is 124. The Morgan fingerprint density at radius 3 is 1.25 bits per heavy atom. The van der Waals surface area contributed by atoms with Gasteiger partial charge in [0.15, 0.2) is 11.6 Å². The van der Waals surface area contributed by atoms with Gasteiger partial charge in [0.1, 0.15) is 23.7 Å². The van der Waals surface area contributed by atoms with Gasteiger partial charge in [0, 0.05) is 47.2 Å². The standard InChI is InChI=1S/2C40H49ClF3N3O9S/c2*1-22-9-6-7-10-24-18-39(24,37(51)46-57(52,53)26-13-14-26)19-31(48)30-16-25(55-35-27-11-8-12-29(41)34(27)32(54-5)20-45-35)21-47(30)36(50)28(23(2)15-22)17-33(49)56-38(3,4)40(42,43)44/h2*7-8,10-12,20,22-26,28,30H,6,9,13-19,21H2,1-5H3,(H,46,51)/b2*10-7-/t22-,23+,24+,25+,28-,30-,39+;22-,23-,24-,25-,28+,30+,39-/m01/s1. The van der Waals surface area contributed by atoms with Crippen molar-refractivity contribution >= 4 is 112 Å². The molecule has 2 aromatic carbocycles. The number of hydrogen-bond donors (Lipinski definition) is 2. The number of esters is 2. The lowest BCUT2D eigenvalue weighted by molar-refractivity contribution is -0.257. The van der Waals surface area contributed by atoms with Crippen molar-refractivity contribution in [1.82, 2.24) is 29.2 Å². The summed E-state index contributed by atoms with van der Waals surface area (Å²) in [6.07, 6.45) is 2.26. The topological polar surface area (TPSA) is 317 Å². The molecule has 14 atom stereocenters. The number of halogens is 8. The van der Waals surface area contributed by atoms with Crippen LogP contribution in [0.3, 0.4) is 0 Å². The molecule has 6 fully saturated rings. The van der Waals surface area contributed by atoms with Crippen LogP contribution in [0, 0.1) is 58.2 Å². The van der Waals surface area contributed by atoms with Crippen molar-refractivity contribution in [3.05, 3.63) is 83.1 Å². The van der Waals surface area contributed by atoms with E-state index in [-0.39, 0.29) is 75.2 Å². The van der Waals surface area contributed by atoms with Crippen molar-refractivity contribution in [2.75, 3.05) is 27.3 Å². The number of aromatic nitrogens is 2. The number of nitrogens with one attached hydrogen (secondary N) is 2. The molecule has 2 saturated heterocycles. The van der Waals surface area contributed by atoms with Crippen molar-refractivity contribution in [3.8, 4) is 23.3 Å². The molecule has 624 valence electrons. The Morgan fingerprint density at radius 2 is 0.912 bits per heavy atom. The number of rotatable bonds is 18. The number of allylic oxidation sites excluding steroid dienone is 4. The molecule has 0 radical (unpaired) electrons. The molecule has 0 spiro atoms. The van der Waals surface area contributed by atoms with Gasteiger partial charge in [-0.1, -0.05) is 87.3 Å². The van der Waals surface area contributed by atoms with Crippen molar-refractivity contribution in [3.63, 3.8) is 0 Å². The summed E-state index contributed by atoms with van der Waals surface area (Å²) in [5.41, 5.74) is -8.39. The highest BCUT2D eigenvalue weighted by Crippen LogP contribution is 2.59. The van der Waals surface area contributed by atoms with Crippen molar-refractivity contribution in [1.29, 1.82) is 0 Å². The van der Waals surface area contributed by atoms with E-state index in [1.807, 2.05) is 38.2 Å². The van der Waals surface area contributed by atoms with Crippen LogP contribution in [0.25, 0.3) is 21.5 Å². The van der Waals surface area contributed by atoms with Crippen molar-refractivity contribution < 1.29 is 110 Å². The average molecular weight is 1680 g/mol. The van der Waals surface area contributed by atoms with Crippen LogP contribution in [-0.4, -0.2) is 169 Å². The third-order valence-corrected chi connectivity index (χ3v) is 28.0. The molecule has 24 nitrogen and oxygen atoms in total. The highest BCUT2D eigenvalue weighted by atomic mass is 35.5. The van der Waals surface area contributed by atoms with E-state index in [0.717, 1.165) is 27.7 Å². The summed E-state index contributed by atoms with van der Waals surface area (Å²) in [5, 5.41) is 1.44. The van der Waals surface area contributed by atoms with E-state index in [9.17, 15) is 81.5 Å². The lowest BCUT2D eigenvalue weighted by Gasteiger charge is -2.33. The number of alkyl halides is 6. The van der Waals surface area contributed by atoms with E-state index in [1.54, 1.807) is 50.2 Å². The normalized spacial score (nSPS) is 29.4. The van der Waals surface area contributed by atoms with Crippen molar-refractivity contribution in [2.45, 2.75) is 229 Å². The minimum absolute atomic E-state index is 0.0111. The minimum atomic E-state index is -4.87. The van der Waals surface area contributed by atoms with Gasteiger partial charge in [-0.2, -0.15) is 26.3 Å². The van der Waals surface area contributed by atoms with E-state index in [1.165, 1.54) is 36.4 Å². The van der Waals surface area contributed by atoms with E-state index < -0.39 is 185 Å². The molecule has 4 aliphatic carbocycles. The third-order valence-electron chi connectivity index (χ3n) is 23.8. The number of pyridine rings is 2. The fourth-order valence-electron chi connectivity index (χ4n) is 16.3. The highest BCUT2D eigenvalue weighted by Gasteiger charge is 2.64. The lowest BCUT2D eigenvalue weighted by Crippen LogP contribution is -2.48. The Hall–Kier alpha value is -7.84. The number of benzene rings is 2. The predicted octanol–water partition coefficient (Wildman–Crippen LogP) is 13.4. The van der Waals surface area contributed by atoms with Crippen LogP contribution in [0.2, 0.25) is 10.0 Å². The maximum atomic E-state index is 14.8. The second-order valence-electron chi connectivity index (χ2n) is 33.4. The quantitative estimate of drug-likeness (QED) is 0.0531. The minimum Gasteiger partial charge on any atom is -0.494 e. The van der Waals surface area contributed by atoms with Gasteiger partial charge >= 0.3 is 24.3 Å². The van der Waals surface area contributed by atoms with E-state index in [0.29, 0.717) is 107 Å². The molecule has 4 amide bonds. The number of amides is 4. The largest absolute Gasteiger partial charge is 0.494 e. The smallest absolute Gasteiger partial charge is 0.427 e. The van der Waals surface area contributed by atoms with Gasteiger partial charge in [-0.3, -0.25) is 47.8 Å². The van der Waals surface area contributed by atoms with Crippen LogP contribution < -0.4 is 28.4 Å². The van der Waals surface area contributed by atoms with E-state index >= 15 is 0 Å². The lowest BCUT2D eigenvalue weighted by atomic mass is 9.82. The van der Waals surface area contributed by atoms with Crippen molar-refractivity contribution in [2.24, 2.45) is 58.2 Å². The molecule has 12 rings (SSSR count). The van der Waals surface area contributed by atoms with Crippen LogP contribution in [0.5, 0.6) is 23.3 Å². The van der Waals surface area contributed by atoms with Crippen LogP contribution in [-0.2, 0) is 67.9 Å². The first-order valence-corrected chi connectivity index (χ1v) is 42.4. The number of nitrogens with zero attached hydrogens (tertiary/aromatic N) is 4. The van der Waals surface area contributed by atoms with Crippen LogP contribution in [0.1, 0.15) is 171 Å². The molecular weight excluding hydrogens is 1580 g/mol. The number of ketones is 2. The summed E-state index contributed by atoms with van der Waals surface area (Å²) in [7, 11) is -4.95. The Labute approximate surface area is 668 Å². The van der Waals surface area contributed by atoms with Crippen LogP contribution >= 0.6 is 23.2 Å². The number of carbonyl (C=O) groups is 8. The highest BCUT2D eigenvalue weighted by molar-refractivity contribution is 7.91. The van der Waals surface area contributed by atoms with Gasteiger partial charge in [0.05, 0.1) is 108 Å². The maximum Gasteiger partial charge on any atom is 0.427 e. The molecule has 6 heterocycles. The van der Waals surface area contributed by atoms with Gasteiger partial charge in [-0.15, -0.1) is 0 Å². The first kappa shape index (κ1) is 87.0. The zero-order valence-corrected chi connectivity index (χ0v) is 68.3. The summed E-state index contributed by atoms with van der Waals surface area (Å²) >= 11 is 13.0. The number of sulfonamides is 2. The number of hydrogen-bond acceptors (Lipinski definition) is 20. The number of ether oxygens (including phenoxy) is 6. The fraction of sp³-hybridized carbons (Fsp3) is 0.625. The van der Waals surface area contributed by atoms with Gasteiger partial charge in [0.25, 0.3) is 0 Å². The molecule has 0 unspecified atom stereocenters. The van der Waals surface area contributed by atoms with Gasteiger partial charge < -0.3 is 38.2 Å². The van der Waals surface area contributed by atoms with Gasteiger partial charge in [0.2, 0.25) is 66.6 Å². The molecule has 4 aromatic rings. The molecule has 114 heavy (non-hydrogen) atoms. The number of Topliss-reactive ketones (excluding diaryl/α,β-unsaturated/α-hetero) is 2.